The van der Waals surface area contributed by atoms with Crippen LogP contribution in [-0.2, 0) is 0 Å². The van der Waals surface area contributed by atoms with E-state index in [1.807, 2.05) is 0 Å². The van der Waals surface area contributed by atoms with Gasteiger partial charge in [0.15, 0.2) is 0 Å². The molecule has 2 heterocycles. The number of rotatable bonds is 4. The number of unbranched alkanes of at least 4 members (excludes halogenated alkanes) is 2. The summed E-state index contributed by atoms with van der Waals surface area (Å²) in [5.41, 5.74) is 0. The van der Waals surface area contributed by atoms with Crippen LogP contribution in [0.3, 0.4) is 0 Å². The third-order valence-electron chi connectivity index (χ3n) is 4.11. The molecule has 0 aromatic carbocycles. The normalized spacial score (nSPS) is 33.2. The molecule has 0 saturated carbocycles. The number of fused-ring (bicyclic) bond motifs is 2. The summed E-state index contributed by atoms with van der Waals surface area (Å²) >= 11 is 0. The average molecular weight is 195 g/mol. The van der Waals surface area contributed by atoms with Gasteiger partial charge in [0.1, 0.15) is 0 Å². The molecule has 0 aromatic heterocycles. The van der Waals surface area contributed by atoms with Crippen LogP contribution in [0.15, 0.2) is 0 Å². The summed E-state index contributed by atoms with van der Waals surface area (Å²) in [5.74, 6) is 0. The van der Waals surface area contributed by atoms with Crippen molar-refractivity contribution in [1.29, 1.82) is 0 Å². The van der Waals surface area contributed by atoms with Crippen molar-refractivity contribution < 1.29 is 0 Å². The lowest BCUT2D eigenvalue weighted by Gasteiger charge is -2.46. The van der Waals surface area contributed by atoms with Gasteiger partial charge in [-0.3, -0.25) is 4.90 Å². The first kappa shape index (κ1) is 10.5. The Morgan fingerprint density at radius 3 is 2.00 bits per heavy atom. The molecule has 0 aromatic rings. The maximum Gasteiger partial charge on any atom is 0.00982 e. The van der Waals surface area contributed by atoms with Gasteiger partial charge >= 0.3 is 0 Å². The number of piperidine rings is 2. The summed E-state index contributed by atoms with van der Waals surface area (Å²) in [5, 5.41) is 0. The van der Waals surface area contributed by atoms with E-state index < -0.39 is 0 Å². The van der Waals surface area contributed by atoms with Crippen LogP contribution in [0.4, 0.5) is 0 Å². The highest BCUT2D eigenvalue weighted by atomic mass is 15.2. The molecule has 0 atom stereocenters. The minimum Gasteiger partial charge on any atom is -0.297 e. The van der Waals surface area contributed by atoms with Crippen LogP contribution in [0.25, 0.3) is 0 Å². The molecule has 2 rings (SSSR count). The SMILES string of the molecule is CCCCCN1C2CCCC1CCC2. The van der Waals surface area contributed by atoms with Gasteiger partial charge in [0.25, 0.3) is 0 Å². The molecule has 2 aliphatic heterocycles. The first-order valence-electron chi connectivity index (χ1n) is 6.67. The van der Waals surface area contributed by atoms with E-state index in [4.69, 9.17) is 0 Å². The zero-order chi connectivity index (χ0) is 9.80. The van der Waals surface area contributed by atoms with Crippen molar-refractivity contribution in [2.75, 3.05) is 6.54 Å². The molecule has 0 spiro atoms. The molecular weight excluding hydrogens is 170 g/mol. The van der Waals surface area contributed by atoms with Gasteiger partial charge in [0, 0.05) is 12.1 Å². The summed E-state index contributed by atoms with van der Waals surface area (Å²) in [4.78, 5) is 2.85. The Labute approximate surface area is 88.9 Å². The third-order valence-corrected chi connectivity index (χ3v) is 4.11. The zero-order valence-corrected chi connectivity index (χ0v) is 9.67. The van der Waals surface area contributed by atoms with E-state index in [0.717, 1.165) is 12.1 Å². The first-order valence-corrected chi connectivity index (χ1v) is 6.67. The molecule has 2 aliphatic rings. The summed E-state index contributed by atoms with van der Waals surface area (Å²) in [6.45, 7) is 3.69. The molecule has 2 saturated heterocycles. The van der Waals surface area contributed by atoms with Crippen molar-refractivity contribution in [2.24, 2.45) is 0 Å². The standard InChI is InChI=1S/C13H25N/c1-2-3-4-11-14-12-7-5-8-13(14)10-6-9-12/h12-13H,2-11H2,1H3. The van der Waals surface area contributed by atoms with E-state index in [2.05, 4.69) is 11.8 Å². The molecule has 14 heavy (non-hydrogen) atoms. The molecule has 1 nitrogen and oxygen atoms in total. The lowest BCUT2D eigenvalue weighted by Crippen LogP contribution is -2.49. The predicted molar refractivity (Wildman–Crippen MR) is 61.5 cm³/mol. The molecule has 2 fully saturated rings. The Bertz CT molecular complexity index is 145. The smallest absolute Gasteiger partial charge is 0.00982 e. The highest BCUT2D eigenvalue weighted by Gasteiger charge is 2.32. The number of nitrogens with zero attached hydrogens (tertiary/aromatic N) is 1. The Morgan fingerprint density at radius 2 is 1.50 bits per heavy atom. The van der Waals surface area contributed by atoms with Gasteiger partial charge in [0.2, 0.25) is 0 Å². The minimum absolute atomic E-state index is 0.972. The quantitative estimate of drug-likeness (QED) is 0.620. The van der Waals surface area contributed by atoms with Gasteiger partial charge in [-0.05, 0) is 38.6 Å². The maximum atomic E-state index is 2.85. The van der Waals surface area contributed by atoms with Gasteiger partial charge in [0.05, 0.1) is 0 Å². The predicted octanol–water partition coefficient (Wildman–Crippen LogP) is 3.58. The van der Waals surface area contributed by atoms with Crippen molar-refractivity contribution in [3.05, 3.63) is 0 Å². The molecular formula is C13H25N. The highest BCUT2D eigenvalue weighted by Crippen LogP contribution is 2.33. The van der Waals surface area contributed by atoms with Gasteiger partial charge in [-0.2, -0.15) is 0 Å². The van der Waals surface area contributed by atoms with E-state index >= 15 is 0 Å². The van der Waals surface area contributed by atoms with Gasteiger partial charge in [-0.15, -0.1) is 0 Å². The Kier molecular flexibility index (Phi) is 3.86. The minimum atomic E-state index is 0.972. The fourth-order valence-electron chi connectivity index (χ4n) is 3.34. The van der Waals surface area contributed by atoms with Crippen LogP contribution in [0.1, 0.15) is 64.7 Å². The van der Waals surface area contributed by atoms with Crippen molar-refractivity contribution in [1.82, 2.24) is 4.90 Å². The van der Waals surface area contributed by atoms with Crippen LogP contribution >= 0.6 is 0 Å². The Hall–Kier alpha value is -0.0400. The second-order valence-electron chi connectivity index (χ2n) is 5.11. The van der Waals surface area contributed by atoms with Gasteiger partial charge < -0.3 is 0 Å². The van der Waals surface area contributed by atoms with Crippen LogP contribution in [-0.4, -0.2) is 23.5 Å². The maximum absolute atomic E-state index is 2.85. The van der Waals surface area contributed by atoms with Crippen LogP contribution in [0.5, 0.6) is 0 Å². The molecule has 2 bridgehead atoms. The summed E-state index contributed by atoms with van der Waals surface area (Å²) < 4.78 is 0. The lowest BCUT2D eigenvalue weighted by atomic mass is 9.84. The first-order chi connectivity index (χ1) is 6.92. The Balaban J connectivity index is 1.82. The summed E-state index contributed by atoms with van der Waals surface area (Å²) in [7, 11) is 0. The number of hydrogen-bond donors (Lipinski definition) is 0. The molecule has 0 radical (unpaired) electrons. The zero-order valence-electron chi connectivity index (χ0n) is 9.67. The monoisotopic (exact) mass is 195 g/mol. The largest absolute Gasteiger partial charge is 0.297 e. The van der Waals surface area contributed by atoms with E-state index in [0.29, 0.717) is 0 Å². The second kappa shape index (κ2) is 5.16. The highest BCUT2D eigenvalue weighted by molar-refractivity contribution is 4.88. The van der Waals surface area contributed by atoms with Crippen molar-refractivity contribution in [2.45, 2.75) is 76.8 Å². The number of hydrogen-bond acceptors (Lipinski definition) is 1. The van der Waals surface area contributed by atoms with Crippen molar-refractivity contribution in [3.8, 4) is 0 Å². The van der Waals surface area contributed by atoms with E-state index in [9.17, 15) is 0 Å². The molecule has 0 N–H and O–H groups in total. The van der Waals surface area contributed by atoms with E-state index in [1.165, 1.54) is 64.3 Å². The average Bonchev–Trinajstić information content (AvgIpc) is 2.17. The van der Waals surface area contributed by atoms with Gasteiger partial charge in [-0.25, -0.2) is 0 Å². The molecule has 1 heteroatoms. The summed E-state index contributed by atoms with van der Waals surface area (Å²) in [6.07, 6.45) is 13.2. The van der Waals surface area contributed by atoms with Crippen molar-refractivity contribution in [3.63, 3.8) is 0 Å². The molecule has 82 valence electrons. The molecule has 0 unspecified atom stereocenters. The summed E-state index contributed by atoms with van der Waals surface area (Å²) in [6, 6.07) is 1.94. The fraction of sp³-hybridized carbons (Fsp3) is 1.00. The topological polar surface area (TPSA) is 3.24 Å². The van der Waals surface area contributed by atoms with Crippen LogP contribution < -0.4 is 0 Å². The van der Waals surface area contributed by atoms with E-state index in [-0.39, 0.29) is 0 Å². The molecule has 0 aliphatic carbocycles. The van der Waals surface area contributed by atoms with Gasteiger partial charge in [-0.1, -0.05) is 32.6 Å². The van der Waals surface area contributed by atoms with Crippen molar-refractivity contribution >= 4 is 0 Å². The van der Waals surface area contributed by atoms with Crippen LogP contribution in [0, 0.1) is 0 Å². The van der Waals surface area contributed by atoms with E-state index in [1.54, 1.807) is 0 Å². The fourth-order valence-corrected chi connectivity index (χ4v) is 3.34. The third kappa shape index (κ3) is 2.31. The Morgan fingerprint density at radius 1 is 0.929 bits per heavy atom. The molecule has 0 amide bonds. The lowest BCUT2D eigenvalue weighted by molar-refractivity contribution is 0.0391. The second-order valence-corrected chi connectivity index (χ2v) is 5.11. The van der Waals surface area contributed by atoms with Crippen LogP contribution in [0.2, 0.25) is 0 Å².